The molecule has 2 aromatic rings. The highest BCUT2D eigenvalue weighted by atomic mass is 16.5. The number of rotatable bonds is 5. The molecule has 1 amide bonds. The monoisotopic (exact) mass is 340 g/mol. The van der Waals surface area contributed by atoms with Crippen molar-refractivity contribution in [3.05, 3.63) is 59.8 Å². The largest absolute Gasteiger partial charge is 0.480 e. The summed E-state index contributed by atoms with van der Waals surface area (Å²) in [5, 5.41) is 9.47. The van der Waals surface area contributed by atoms with Gasteiger partial charge in [0, 0.05) is 24.4 Å². The van der Waals surface area contributed by atoms with Crippen molar-refractivity contribution in [3.63, 3.8) is 0 Å². The van der Waals surface area contributed by atoms with E-state index in [2.05, 4.69) is 4.98 Å². The Hall–Kier alpha value is -2.89. The number of hydrogen-bond donors (Lipinski definition) is 1. The van der Waals surface area contributed by atoms with Crippen LogP contribution in [-0.2, 0) is 11.4 Å². The number of hydrogen-bond acceptors (Lipinski definition) is 4. The maximum atomic E-state index is 12.8. The first kappa shape index (κ1) is 17.0. The van der Waals surface area contributed by atoms with Crippen LogP contribution in [0.15, 0.2) is 48.7 Å². The minimum atomic E-state index is -1.16. The van der Waals surface area contributed by atoms with E-state index < -0.39 is 11.5 Å². The molecule has 0 spiro atoms. The van der Waals surface area contributed by atoms with E-state index in [1.54, 1.807) is 19.1 Å². The summed E-state index contributed by atoms with van der Waals surface area (Å²) in [6, 6.07) is 12.8. The van der Waals surface area contributed by atoms with Crippen LogP contribution < -0.4 is 4.74 Å². The molecule has 2 heterocycles. The number of nitrogens with zero attached hydrogens (tertiary/aromatic N) is 2. The quantitative estimate of drug-likeness (QED) is 0.905. The zero-order valence-electron chi connectivity index (χ0n) is 14.0. The summed E-state index contributed by atoms with van der Waals surface area (Å²) < 4.78 is 5.65. The summed E-state index contributed by atoms with van der Waals surface area (Å²) in [5.74, 6) is -0.951. The fourth-order valence-corrected chi connectivity index (χ4v) is 3.02. The van der Waals surface area contributed by atoms with Gasteiger partial charge in [-0.2, -0.15) is 0 Å². The number of carbonyl (C=O) groups is 2. The molecule has 1 N–H and O–H groups in total. The van der Waals surface area contributed by atoms with Gasteiger partial charge in [-0.15, -0.1) is 0 Å². The minimum Gasteiger partial charge on any atom is -0.480 e. The van der Waals surface area contributed by atoms with Crippen molar-refractivity contribution in [2.75, 3.05) is 6.54 Å². The highest BCUT2D eigenvalue weighted by Crippen LogP contribution is 2.31. The van der Waals surface area contributed by atoms with Crippen LogP contribution in [0.2, 0.25) is 0 Å². The molecule has 1 aromatic carbocycles. The van der Waals surface area contributed by atoms with Crippen LogP contribution in [0.5, 0.6) is 5.88 Å². The second-order valence-corrected chi connectivity index (χ2v) is 6.30. The number of benzene rings is 1. The number of carboxylic acid groups (broad SMARTS) is 1. The van der Waals surface area contributed by atoms with Crippen LogP contribution in [0.4, 0.5) is 0 Å². The van der Waals surface area contributed by atoms with E-state index in [1.165, 1.54) is 11.1 Å². The van der Waals surface area contributed by atoms with Gasteiger partial charge in [0.2, 0.25) is 5.88 Å². The Kier molecular flexibility index (Phi) is 4.70. The summed E-state index contributed by atoms with van der Waals surface area (Å²) in [6.07, 6.45) is 2.63. The number of aliphatic carboxylic acids is 1. The molecular formula is C19H20N2O4. The molecule has 1 saturated heterocycles. The van der Waals surface area contributed by atoms with E-state index in [4.69, 9.17) is 4.74 Å². The van der Waals surface area contributed by atoms with Crippen molar-refractivity contribution in [1.82, 2.24) is 9.88 Å². The summed E-state index contributed by atoms with van der Waals surface area (Å²) in [5.41, 5.74) is 0.220. The Bertz CT molecular complexity index is 778. The lowest BCUT2D eigenvalue weighted by molar-refractivity contribution is -0.147. The Morgan fingerprint density at radius 1 is 1.28 bits per heavy atom. The van der Waals surface area contributed by atoms with Gasteiger partial charge in [-0.3, -0.25) is 4.79 Å². The van der Waals surface area contributed by atoms with Gasteiger partial charge in [-0.05, 0) is 31.4 Å². The lowest BCUT2D eigenvalue weighted by Gasteiger charge is -2.31. The van der Waals surface area contributed by atoms with Gasteiger partial charge >= 0.3 is 5.97 Å². The van der Waals surface area contributed by atoms with Crippen molar-refractivity contribution >= 4 is 11.9 Å². The molecule has 0 radical (unpaired) electrons. The molecule has 130 valence electrons. The van der Waals surface area contributed by atoms with E-state index in [9.17, 15) is 14.7 Å². The van der Waals surface area contributed by atoms with Crippen LogP contribution in [0, 0.1) is 0 Å². The van der Waals surface area contributed by atoms with Crippen molar-refractivity contribution < 1.29 is 19.4 Å². The molecule has 1 aliphatic heterocycles. The first-order chi connectivity index (χ1) is 12.0. The normalized spacial score (nSPS) is 19.6. The van der Waals surface area contributed by atoms with E-state index in [0.717, 1.165) is 5.56 Å². The van der Waals surface area contributed by atoms with E-state index >= 15 is 0 Å². The first-order valence-electron chi connectivity index (χ1n) is 8.19. The highest BCUT2D eigenvalue weighted by molar-refractivity contribution is 5.98. The smallest absolute Gasteiger partial charge is 0.329 e. The number of pyridine rings is 1. The number of aromatic nitrogens is 1. The molecule has 25 heavy (non-hydrogen) atoms. The van der Waals surface area contributed by atoms with Crippen molar-refractivity contribution in [2.45, 2.75) is 31.9 Å². The average molecular weight is 340 g/mol. The molecule has 6 nitrogen and oxygen atoms in total. The summed E-state index contributed by atoms with van der Waals surface area (Å²) in [7, 11) is 0. The van der Waals surface area contributed by atoms with Crippen LogP contribution in [0.3, 0.4) is 0 Å². The molecule has 1 unspecified atom stereocenters. The highest BCUT2D eigenvalue weighted by Gasteiger charge is 2.46. The zero-order valence-corrected chi connectivity index (χ0v) is 14.0. The Balaban J connectivity index is 1.75. The van der Waals surface area contributed by atoms with Gasteiger partial charge in [-0.25, -0.2) is 9.78 Å². The third-order valence-corrected chi connectivity index (χ3v) is 4.56. The number of ether oxygens (including phenoxy) is 1. The van der Waals surface area contributed by atoms with Crippen molar-refractivity contribution in [3.8, 4) is 5.88 Å². The maximum Gasteiger partial charge on any atom is 0.329 e. The van der Waals surface area contributed by atoms with Crippen LogP contribution in [0.25, 0.3) is 0 Å². The lowest BCUT2D eigenvalue weighted by Crippen LogP contribution is -2.50. The molecule has 6 heteroatoms. The summed E-state index contributed by atoms with van der Waals surface area (Å²) >= 11 is 0. The topological polar surface area (TPSA) is 79.7 Å². The molecule has 1 fully saturated rings. The van der Waals surface area contributed by atoms with Gasteiger partial charge in [0.15, 0.2) is 0 Å². The van der Waals surface area contributed by atoms with E-state index in [-0.39, 0.29) is 5.91 Å². The molecule has 1 atom stereocenters. The number of carbonyl (C=O) groups excluding carboxylic acids is 1. The third-order valence-electron chi connectivity index (χ3n) is 4.56. The summed E-state index contributed by atoms with van der Waals surface area (Å²) in [6.45, 7) is 2.38. The second kappa shape index (κ2) is 6.93. The molecule has 1 aromatic heterocycles. The van der Waals surface area contributed by atoms with Gasteiger partial charge in [0.1, 0.15) is 12.1 Å². The van der Waals surface area contributed by atoms with Gasteiger partial charge in [0.05, 0.1) is 0 Å². The predicted octanol–water partition coefficient (Wildman–Crippen LogP) is 2.74. The lowest BCUT2D eigenvalue weighted by atomic mass is 9.98. The molecule has 1 aliphatic rings. The van der Waals surface area contributed by atoms with Gasteiger partial charge in [-0.1, -0.05) is 30.3 Å². The average Bonchev–Trinajstić information content (AvgIpc) is 3.04. The fourth-order valence-electron chi connectivity index (χ4n) is 3.02. The first-order valence-corrected chi connectivity index (χ1v) is 8.19. The third kappa shape index (κ3) is 3.47. The van der Waals surface area contributed by atoms with E-state index in [1.807, 2.05) is 30.3 Å². The number of amides is 1. The standard InChI is InChI=1S/C19H20N2O4/c1-19(18(23)24)9-5-11-21(19)17(22)15-8-10-20-16(12-15)25-13-14-6-3-2-4-7-14/h2-4,6-8,10,12H,5,9,11,13H2,1H3,(H,23,24). The van der Waals surface area contributed by atoms with Crippen molar-refractivity contribution in [2.24, 2.45) is 0 Å². The Labute approximate surface area is 146 Å². The maximum absolute atomic E-state index is 12.8. The Morgan fingerprint density at radius 3 is 2.76 bits per heavy atom. The SMILES string of the molecule is CC1(C(=O)O)CCCN1C(=O)c1ccnc(OCc2ccccc2)c1. The van der Waals surface area contributed by atoms with Crippen LogP contribution >= 0.6 is 0 Å². The minimum absolute atomic E-state index is 0.311. The van der Waals surface area contributed by atoms with Crippen molar-refractivity contribution in [1.29, 1.82) is 0 Å². The predicted molar refractivity (Wildman–Crippen MR) is 91.3 cm³/mol. The number of carboxylic acids is 1. The Morgan fingerprint density at radius 2 is 2.04 bits per heavy atom. The van der Waals surface area contributed by atoms with Gasteiger partial charge in [0.25, 0.3) is 5.91 Å². The number of likely N-dealkylation sites (tertiary alicyclic amines) is 1. The van der Waals surface area contributed by atoms with Crippen LogP contribution in [0.1, 0.15) is 35.7 Å². The molecule has 0 saturated carbocycles. The molecular weight excluding hydrogens is 320 g/mol. The molecule has 3 rings (SSSR count). The van der Waals surface area contributed by atoms with E-state index in [0.29, 0.717) is 37.4 Å². The summed E-state index contributed by atoms with van der Waals surface area (Å²) in [4.78, 5) is 29.9. The zero-order chi connectivity index (χ0) is 17.9. The second-order valence-electron chi connectivity index (χ2n) is 6.30. The molecule has 0 aliphatic carbocycles. The van der Waals surface area contributed by atoms with Gasteiger partial charge < -0.3 is 14.7 Å². The fraction of sp³-hybridized carbons (Fsp3) is 0.316. The van der Waals surface area contributed by atoms with Crippen LogP contribution in [-0.4, -0.2) is 39.0 Å². The molecule has 0 bridgehead atoms.